The monoisotopic (exact) mass is 379 g/mol. The van der Waals surface area contributed by atoms with Crippen molar-refractivity contribution < 1.29 is 9.47 Å². The number of halogens is 2. The molecule has 0 saturated carbocycles. The van der Waals surface area contributed by atoms with Gasteiger partial charge in [-0.2, -0.15) is 9.97 Å². The van der Waals surface area contributed by atoms with Crippen LogP contribution in [0.25, 0.3) is 11.2 Å². The van der Waals surface area contributed by atoms with Crippen molar-refractivity contribution in [2.45, 2.75) is 19.1 Å². The Hall–Kier alpha value is -2.09. The summed E-state index contributed by atoms with van der Waals surface area (Å²) in [7, 11) is 1.59. The number of rotatable bonds is 4. The zero-order valence-corrected chi connectivity index (χ0v) is 14.9. The third kappa shape index (κ3) is 3.10. The van der Waals surface area contributed by atoms with E-state index in [1.54, 1.807) is 31.6 Å². The Balaban J connectivity index is 1.77. The number of hydrogen-bond donors (Lipinski definition) is 1. The molecule has 0 amide bonds. The highest BCUT2D eigenvalue weighted by atomic mass is 35.5. The second-order valence-electron chi connectivity index (χ2n) is 5.60. The number of hydrogen-bond acceptors (Lipinski definition) is 6. The maximum absolute atomic E-state index is 6.26. The normalized spacial score (nSPS) is 17.2. The van der Waals surface area contributed by atoms with E-state index < -0.39 is 0 Å². The Bertz CT molecular complexity index is 924. The van der Waals surface area contributed by atoms with Crippen LogP contribution in [0.1, 0.15) is 19.1 Å². The summed E-state index contributed by atoms with van der Waals surface area (Å²) >= 11 is 12.4. The lowest BCUT2D eigenvalue weighted by Crippen LogP contribution is -2.07. The first-order chi connectivity index (χ1) is 12.2. The van der Waals surface area contributed by atoms with Crippen LogP contribution in [0.15, 0.2) is 24.5 Å². The van der Waals surface area contributed by atoms with Gasteiger partial charge in [0.1, 0.15) is 12.0 Å². The molecule has 1 saturated heterocycles. The van der Waals surface area contributed by atoms with Crippen molar-refractivity contribution in [3.8, 4) is 5.75 Å². The zero-order valence-electron chi connectivity index (χ0n) is 13.4. The molecular weight excluding hydrogens is 365 g/mol. The van der Waals surface area contributed by atoms with E-state index in [2.05, 4.69) is 20.3 Å². The first kappa shape index (κ1) is 16.4. The lowest BCUT2D eigenvalue weighted by Gasteiger charge is -2.13. The molecule has 3 heterocycles. The van der Waals surface area contributed by atoms with Crippen LogP contribution in [0, 0.1) is 0 Å². The van der Waals surface area contributed by atoms with E-state index in [0.717, 1.165) is 19.4 Å². The van der Waals surface area contributed by atoms with E-state index in [9.17, 15) is 0 Å². The van der Waals surface area contributed by atoms with Gasteiger partial charge in [0.25, 0.3) is 0 Å². The van der Waals surface area contributed by atoms with Crippen molar-refractivity contribution >= 4 is 45.9 Å². The minimum Gasteiger partial charge on any atom is -0.497 e. The standard InChI is InChI=1S/C16H15Cl2N5O2/c1-24-9-4-5-10(17)11(7-9)20-14-13-15(22-16(18)21-14)23(8-19-13)12-3-2-6-25-12/h4-5,7-8,12H,2-3,6H2,1H3,(H,20,21,22). The maximum Gasteiger partial charge on any atom is 0.226 e. The van der Waals surface area contributed by atoms with Crippen molar-refractivity contribution in [1.82, 2.24) is 19.5 Å². The van der Waals surface area contributed by atoms with Gasteiger partial charge in [-0.05, 0) is 36.6 Å². The third-order valence-electron chi connectivity index (χ3n) is 4.04. The molecule has 7 nitrogen and oxygen atoms in total. The van der Waals surface area contributed by atoms with Crippen LogP contribution in [0.3, 0.4) is 0 Å². The second-order valence-corrected chi connectivity index (χ2v) is 6.35. The predicted molar refractivity (Wildman–Crippen MR) is 95.8 cm³/mol. The molecule has 1 fully saturated rings. The number of methoxy groups -OCH3 is 1. The van der Waals surface area contributed by atoms with Crippen LogP contribution < -0.4 is 10.1 Å². The molecule has 25 heavy (non-hydrogen) atoms. The highest BCUT2D eigenvalue weighted by molar-refractivity contribution is 6.33. The van der Waals surface area contributed by atoms with Crippen LogP contribution >= 0.6 is 23.2 Å². The van der Waals surface area contributed by atoms with E-state index in [4.69, 9.17) is 32.7 Å². The fraction of sp³-hybridized carbons (Fsp3) is 0.312. The average Bonchev–Trinajstić information content (AvgIpc) is 3.25. The van der Waals surface area contributed by atoms with Crippen molar-refractivity contribution in [3.63, 3.8) is 0 Å². The molecule has 1 atom stereocenters. The summed E-state index contributed by atoms with van der Waals surface area (Å²) in [5, 5.41) is 3.82. The topological polar surface area (TPSA) is 74.1 Å². The Morgan fingerprint density at radius 2 is 2.20 bits per heavy atom. The summed E-state index contributed by atoms with van der Waals surface area (Å²) in [5.74, 6) is 1.15. The summed E-state index contributed by atoms with van der Waals surface area (Å²) in [5.41, 5.74) is 1.86. The summed E-state index contributed by atoms with van der Waals surface area (Å²) in [6.07, 6.45) is 3.54. The SMILES string of the molecule is COc1ccc(Cl)c(Nc2nc(Cl)nc3c2ncn3C2CCCO2)c1. The van der Waals surface area contributed by atoms with Crippen molar-refractivity contribution in [2.75, 3.05) is 19.0 Å². The summed E-state index contributed by atoms with van der Waals surface area (Å²) < 4.78 is 12.8. The molecule has 1 aromatic carbocycles. The molecule has 1 aliphatic rings. The van der Waals surface area contributed by atoms with Gasteiger partial charge < -0.3 is 14.8 Å². The Labute approximate surface area is 153 Å². The minimum atomic E-state index is -0.0794. The highest BCUT2D eigenvalue weighted by Crippen LogP contribution is 2.33. The average molecular weight is 380 g/mol. The zero-order chi connectivity index (χ0) is 17.4. The number of fused-ring (bicyclic) bond motifs is 1. The lowest BCUT2D eigenvalue weighted by molar-refractivity contribution is 0.0593. The van der Waals surface area contributed by atoms with Crippen LogP contribution in [0.5, 0.6) is 5.75 Å². The van der Waals surface area contributed by atoms with Gasteiger partial charge in [-0.3, -0.25) is 4.57 Å². The molecule has 0 aliphatic carbocycles. The van der Waals surface area contributed by atoms with Gasteiger partial charge in [0.2, 0.25) is 5.28 Å². The first-order valence-electron chi connectivity index (χ1n) is 7.78. The van der Waals surface area contributed by atoms with Gasteiger partial charge in [-0.1, -0.05) is 11.6 Å². The highest BCUT2D eigenvalue weighted by Gasteiger charge is 2.22. The number of anilines is 2. The Kier molecular flexibility index (Phi) is 4.37. The van der Waals surface area contributed by atoms with Gasteiger partial charge in [-0.25, -0.2) is 4.98 Å². The van der Waals surface area contributed by atoms with E-state index >= 15 is 0 Å². The van der Waals surface area contributed by atoms with Gasteiger partial charge in [0.05, 0.1) is 24.1 Å². The van der Waals surface area contributed by atoms with Gasteiger partial charge >= 0.3 is 0 Å². The van der Waals surface area contributed by atoms with E-state index in [1.807, 2.05) is 4.57 Å². The fourth-order valence-electron chi connectivity index (χ4n) is 2.82. The van der Waals surface area contributed by atoms with Crippen molar-refractivity contribution in [2.24, 2.45) is 0 Å². The number of nitrogens with one attached hydrogen (secondary N) is 1. The first-order valence-corrected chi connectivity index (χ1v) is 8.53. The molecule has 130 valence electrons. The molecule has 0 radical (unpaired) electrons. The van der Waals surface area contributed by atoms with Crippen LogP contribution in [0.2, 0.25) is 10.3 Å². The van der Waals surface area contributed by atoms with E-state index in [-0.39, 0.29) is 11.5 Å². The lowest BCUT2D eigenvalue weighted by atomic mass is 10.3. The molecule has 0 bridgehead atoms. The van der Waals surface area contributed by atoms with Crippen LogP contribution in [-0.2, 0) is 4.74 Å². The molecule has 2 aromatic heterocycles. The molecule has 0 spiro atoms. The smallest absolute Gasteiger partial charge is 0.226 e. The van der Waals surface area contributed by atoms with Gasteiger partial charge in [0.15, 0.2) is 17.0 Å². The number of benzene rings is 1. The molecule has 1 N–H and O–H groups in total. The van der Waals surface area contributed by atoms with Crippen LogP contribution in [-0.4, -0.2) is 33.2 Å². The quantitative estimate of drug-likeness (QED) is 0.684. The molecule has 3 aromatic rings. The fourth-order valence-corrected chi connectivity index (χ4v) is 3.15. The Morgan fingerprint density at radius 3 is 2.96 bits per heavy atom. The summed E-state index contributed by atoms with van der Waals surface area (Å²) in [4.78, 5) is 13.0. The maximum atomic E-state index is 6.26. The third-order valence-corrected chi connectivity index (χ3v) is 4.54. The van der Waals surface area contributed by atoms with Gasteiger partial charge in [-0.15, -0.1) is 0 Å². The van der Waals surface area contributed by atoms with Crippen molar-refractivity contribution in [1.29, 1.82) is 0 Å². The number of aromatic nitrogens is 4. The largest absolute Gasteiger partial charge is 0.497 e. The van der Waals surface area contributed by atoms with Gasteiger partial charge in [0, 0.05) is 12.7 Å². The number of imidazole rings is 1. The second kappa shape index (κ2) is 6.67. The molecule has 9 heteroatoms. The van der Waals surface area contributed by atoms with E-state index in [0.29, 0.717) is 33.4 Å². The minimum absolute atomic E-state index is 0.0794. The molecule has 1 aliphatic heterocycles. The molecule has 1 unspecified atom stereocenters. The Morgan fingerprint density at radius 1 is 1.32 bits per heavy atom. The number of nitrogens with zero attached hydrogens (tertiary/aromatic N) is 4. The number of ether oxygens (including phenoxy) is 2. The predicted octanol–water partition coefficient (Wildman–Crippen LogP) is 4.19. The molecular formula is C16H15Cl2N5O2. The van der Waals surface area contributed by atoms with Crippen molar-refractivity contribution in [3.05, 3.63) is 34.8 Å². The molecule has 4 rings (SSSR count). The van der Waals surface area contributed by atoms with Crippen LogP contribution in [0.4, 0.5) is 11.5 Å². The summed E-state index contributed by atoms with van der Waals surface area (Å²) in [6.45, 7) is 0.730. The van der Waals surface area contributed by atoms with E-state index in [1.165, 1.54) is 0 Å². The summed E-state index contributed by atoms with van der Waals surface area (Å²) in [6, 6.07) is 5.30.